The fraction of sp³-hybridized carbons (Fsp3) is 0.500. The van der Waals surface area contributed by atoms with Gasteiger partial charge in [-0.25, -0.2) is 9.97 Å². The quantitative estimate of drug-likeness (QED) is 0.463. The fourth-order valence-electron chi connectivity index (χ4n) is 0.936. The molecule has 0 radical (unpaired) electrons. The minimum Gasteiger partial charge on any atom is -0.468 e. The first-order valence-electron chi connectivity index (χ1n) is 5.02. The van der Waals surface area contributed by atoms with Gasteiger partial charge in [0.1, 0.15) is 5.03 Å². The van der Waals surface area contributed by atoms with Crippen molar-refractivity contribution in [2.24, 2.45) is 0 Å². The number of carbonyl (C=O) groups excluding carboxylic acids is 1. The van der Waals surface area contributed by atoms with E-state index in [4.69, 9.17) is 0 Å². The summed E-state index contributed by atoms with van der Waals surface area (Å²) in [5.74, 6) is 0.601. The van der Waals surface area contributed by atoms with Gasteiger partial charge in [-0.05, 0) is 12.5 Å². The Labute approximate surface area is 99.0 Å². The van der Waals surface area contributed by atoms with Gasteiger partial charge >= 0.3 is 5.97 Å². The lowest BCUT2D eigenvalue weighted by atomic mass is 10.5. The van der Waals surface area contributed by atoms with E-state index < -0.39 is 0 Å². The summed E-state index contributed by atoms with van der Waals surface area (Å²) in [5, 5.41) is 3.85. The summed E-state index contributed by atoms with van der Waals surface area (Å²) < 4.78 is 4.55. The zero-order chi connectivity index (χ0) is 11.8. The van der Waals surface area contributed by atoms with E-state index in [0.717, 1.165) is 18.0 Å². The Hall–Kier alpha value is -1.30. The van der Waals surface area contributed by atoms with Crippen molar-refractivity contribution < 1.29 is 9.53 Å². The van der Waals surface area contributed by atoms with Crippen LogP contribution in [0.25, 0.3) is 0 Å². The molecule has 0 aliphatic carbocycles. The molecule has 0 saturated heterocycles. The van der Waals surface area contributed by atoms with E-state index in [1.165, 1.54) is 18.9 Å². The number of hydrogen-bond acceptors (Lipinski definition) is 6. The molecule has 1 aromatic heterocycles. The Kier molecular flexibility index (Phi) is 5.63. The molecule has 1 rings (SSSR count). The van der Waals surface area contributed by atoms with Crippen molar-refractivity contribution in [3.63, 3.8) is 0 Å². The SMILES string of the molecule is CCCNc1nccc(SCC(=O)OC)n1. The number of nitrogens with zero attached hydrogens (tertiary/aromatic N) is 2. The van der Waals surface area contributed by atoms with Crippen LogP contribution in [0.4, 0.5) is 5.95 Å². The Morgan fingerprint density at radius 1 is 1.62 bits per heavy atom. The zero-order valence-electron chi connectivity index (χ0n) is 9.40. The number of aromatic nitrogens is 2. The van der Waals surface area contributed by atoms with Crippen LogP contribution < -0.4 is 5.32 Å². The van der Waals surface area contributed by atoms with Gasteiger partial charge in [-0.1, -0.05) is 18.7 Å². The standard InChI is InChI=1S/C10H15N3O2S/c1-3-5-11-10-12-6-4-8(13-10)16-7-9(14)15-2/h4,6H,3,5,7H2,1-2H3,(H,11,12,13). The Morgan fingerprint density at radius 2 is 2.44 bits per heavy atom. The molecule has 0 atom stereocenters. The molecule has 0 bridgehead atoms. The number of ether oxygens (including phenoxy) is 1. The number of carbonyl (C=O) groups is 1. The summed E-state index contributed by atoms with van der Waals surface area (Å²) in [7, 11) is 1.37. The maximum absolute atomic E-state index is 10.9. The molecule has 0 aliphatic rings. The van der Waals surface area contributed by atoms with Crippen molar-refractivity contribution in [3.05, 3.63) is 12.3 Å². The highest BCUT2D eigenvalue weighted by molar-refractivity contribution is 7.99. The largest absolute Gasteiger partial charge is 0.468 e. The molecule has 0 spiro atoms. The van der Waals surface area contributed by atoms with Crippen LogP contribution in [0.3, 0.4) is 0 Å². The molecule has 88 valence electrons. The van der Waals surface area contributed by atoms with Gasteiger partial charge in [0, 0.05) is 12.7 Å². The second kappa shape index (κ2) is 7.05. The van der Waals surface area contributed by atoms with Gasteiger partial charge in [-0.15, -0.1) is 0 Å². The van der Waals surface area contributed by atoms with E-state index in [2.05, 4.69) is 26.9 Å². The molecule has 0 fully saturated rings. The van der Waals surface area contributed by atoms with Gasteiger partial charge in [0.05, 0.1) is 12.9 Å². The highest BCUT2D eigenvalue weighted by Gasteiger charge is 2.04. The van der Waals surface area contributed by atoms with E-state index in [1.807, 2.05) is 0 Å². The Balaban J connectivity index is 2.50. The maximum Gasteiger partial charge on any atom is 0.316 e. The van der Waals surface area contributed by atoms with Crippen molar-refractivity contribution in [1.82, 2.24) is 9.97 Å². The average Bonchev–Trinajstić information content (AvgIpc) is 2.34. The number of methoxy groups -OCH3 is 1. The van der Waals surface area contributed by atoms with E-state index in [0.29, 0.717) is 5.95 Å². The Morgan fingerprint density at radius 3 is 3.12 bits per heavy atom. The molecule has 16 heavy (non-hydrogen) atoms. The Bertz CT molecular complexity index is 347. The van der Waals surface area contributed by atoms with E-state index >= 15 is 0 Å². The predicted octanol–water partition coefficient (Wildman–Crippen LogP) is 1.56. The van der Waals surface area contributed by atoms with Gasteiger partial charge in [0.25, 0.3) is 0 Å². The van der Waals surface area contributed by atoms with E-state index in [-0.39, 0.29) is 11.7 Å². The normalized spacial score (nSPS) is 9.88. The zero-order valence-corrected chi connectivity index (χ0v) is 10.2. The van der Waals surface area contributed by atoms with Crippen molar-refractivity contribution >= 4 is 23.7 Å². The van der Waals surface area contributed by atoms with Crippen molar-refractivity contribution in [1.29, 1.82) is 0 Å². The number of thioether (sulfide) groups is 1. The van der Waals surface area contributed by atoms with Crippen LogP contribution in [-0.4, -0.2) is 35.3 Å². The highest BCUT2D eigenvalue weighted by Crippen LogP contribution is 2.15. The van der Waals surface area contributed by atoms with Crippen molar-refractivity contribution in [2.75, 3.05) is 24.7 Å². The molecule has 0 amide bonds. The molecule has 0 aliphatic heterocycles. The van der Waals surface area contributed by atoms with Crippen LogP contribution in [0, 0.1) is 0 Å². The smallest absolute Gasteiger partial charge is 0.316 e. The number of nitrogens with one attached hydrogen (secondary N) is 1. The molecule has 5 nitrogen and oxygen atoms in total. The summed E-state index contributed by atoms with van der Waals surface area (Å²) in [6.07, 6.45) is 2.69. The van der Waals surface area contributed by atoms with Gasteiger partial charge in [0.2, 0.25) is 5.95 Å². The first-order chi connectivity index (χ1) is 7.76. The number of esters is 1. The number of anilines is 1. The van der Waals surface area contributed by atoms with Crippen molar-refractivity contribution in [2.45, 2.75) is 18.4 Å². The third kappa shape index (κ3) is 4.48. The summed E-state index contributed by atoms with van der Waals surface area (Å²) in [6.45, 7) is 2.91. The van der Waals surface area contributed by atoms with Crippen LogP contribution >= 0.6 is 11.8 Å². The van der Waals surface area contributed by atoms with Gasteiger partial charge in [-0.2, -0.15) is 0 Å². The lowest BCUT2D eigenvalue weighted by Gasteiger charge is -2.04. The van der Waals surface area contributed by atoms with E-state index in [9.17, 15) is 4.79 Å². The number of rotatable bonds is 6. The average molecular weight is 241 g/mol. The molecular formula is C10H15N3O2S. The molecule has 0 unspecified atom stereocenters. The first kappa shape index (κ1) is 12.8. The minimum absolute atomic E-state index is 0.258. The number of hydrogen-bond donors (Lipinski definition) is 1. The van der Waals surface area contributed by atoms with Crippen LogP contribution in [0.15, 0.2) is 17.3 Å². The van der Waals surface area contributed by atoms with Crippen LogP contribution in [-0.2, 0) is 9.53 Å². The molecule has 1 aromatic rings. The fourth-order valence-corrected chi connectivity index (χ4v) is 1.63. The predicted molar refractivity (Wildman–Crippen MR) is 63.6 cm³/mol. The highest BCUT2D eigenvalue weighted by atomic mass is 32.2. The van der Waals surface area contributed by atoms with Crippen molar-refractivity contribution in [3.8, 4) is 0 Å². The molecule has 0 saturated carbocycles. The van der Waals surface area contributed by atoms with Gasteiger partial charge in [-0.3, -0.25) is 4.79 Å². The summed E-state index contributed by atoms with van der Waals surface area (Å²) in [6, 6.07) is 1.77. The second-order valence-corrected chi connectivity index (χ2v) is 4.01. The van der Waals surface area contributed by atoms with E-state index in [1.54, 1.807) is 12.3 Å². The summed E-state index contributed by atoms with van der Waals surface area (Å²) in [4.78, 5) is 19.3. The third-order valence-corrected chi connectivity index (χ3v) is 2.63. The van der Waals surface area contributed by atoms with Gasteiger partial charge < -0.3 is 10.1 Å². The second-order valence-electron chi connectivity index (χ2n) is 3.01. The molecule has 6 heteroatoms. The molecule has 0 aromatic carbocycles. The van der Waals surface area contributed by atoms with Gasteiger partial charge in [0.15, 0.2) is 0 Å². The molecule has 1 N–H and O–H groups in total. The molecular weight excluding hydrogens is 226 g/mol. The van der Waals surface area contributed by atoms with Crippen LogP contribution in [0.2, 0.25) is 0 Å². The monoisotopic (exact) mass is 241 g/mol. The lowest BCUT2D eigenvalue weighted by molar-refractivity contribution is -0.137. The summed E-state index contributed by atoms with van der Waals surface area (Å²) in [5.41, 5.74) is 0. The topological polar surface area (TPSA) is 64.1 Å². The first-order valence-corrected chi connectivity index (χ1v) is 6.01. The summed E-state index contributed by atoms with van der Waals surface area (Å²) >= 11 is 1.34. The van der Waals surface area contributed by atoms with Crippen LogP contribution in [0.5, 0.6) is 0 Å². The van der Waals surface area contributed by atoms with Crippen LogP contribution in [0.1, 0.15) is 13.3 Å². The third-order valence-electron chi connectivity index (χ3n) is 1.73. The molecule has 1 heterocycles. The minimum atomic E-state index is -0.258. The lowest BCUT2D eigenvalue weighted by Crippen LogP contribution is -2.06. The maximum atomic E-state index is 10.9.